The molecule has 0 spiro atoms. The summed E-state index contributed by atoms with van der Waals surface area (Å²) in [5.41, 5.74) is 2.34. The van der Waals surface area contributed by atoms with Crippen LogP contribution >= 0.6 is 0 Å². The highest BCUT2D eigenvalue weighted by Crippen LogP contribution is 2.17. The lowest BCUT2D eigenvalue weighted by atomic mass is 10.00. The van der Waals surface area contributed by atoms with Crippen LogP contribution in [-0.4, -0.2) is 27.0 Å². The van der Waals surface area contributed by atoms with Crippen molar-refractivity contribution >= 4 is 9.84 Å². The smallest absolute Gasteiger partial charge is 0.149 e. The summed E-state index contributed by atoms with van der Waals surface area (Å²) in [5.74, 6) is 0.774. The Bertz CT molecular complexity index is 477. The summed E-state index contributed by atoms with van der Waals surface area (Å²) in [6.45, 7) is 7.13. The Hall–Kier alpha value is -0.870. The van der Waals surface area contributed by atoms with Crippen molar-refractivity contribution in [3.8, 4) is 0 Å². The van der Waals surface area contributed by atoms with Gasteiger partial charge in [-0.2, -0.15) is 0 Å². The van der Waals surface area contributed by atoms with Gasteiger partial charge in [0.15, 0.2) is 0 Å². The summed E-state index contributed by atoms with van der Waals surface area (Å²) in [5, 5.41) is 3.24. The molecule has 1 rings (SSSR count). The first-order valence-corrected chi connectivity index (χ1v) is 8.87. The van der Waals surface area contributed by atoms with E-state index < -0.39 is 9.84 Å². The Balaban J connectivity index is 2.85. The van der Waals surface area contributed by atoms with Gasteiger partial charge in [-0.3, -0.25) is 0 Å². The number of benzene rings is 1. The number of sulfone groups is 1. The first kappa shape index (κ1) is 16.2. The molecule has 108 valence electrons. The maximum absolute atomic E-state index is 11.5. The molecule has 0 aliphatic rings. The molecular formula is C15H25NO2S. The number of nitrogens with one attached hydrogen (secondary N) is 1. The van der Waals surface area contributed by atoms with Crippen LogP contribution in [0.15, 0.2) is 24.3 Å². The SMILES string of the molecule is CCNC(CS(C)(=O)=O)c1ccc(CC(C)C)cc1. The summed E-state index contributed by atoms with van der Waals surface area (Å²) in [4.78, 5) is 0. The molecule has 0 amide bonds. The number of rotatable bonds is 7. The zero-order valence-electron chi connectivity index (χ0n) is 12.3. The molecule has 0 radical (unpaired) electrons. The lowest BCUT2D eigenvalue weighted by Crippen LogP contribution is -2.27. The van der Waals surface area contributed by atoms with E-state index in [1.807, 2.05) is 19.1 Å². The van der Waals surface area contributed by atoms with Gasteiger partial charge in [-0.25, -0.2) is 8.42 Å². The second-order valence-electron chi connectivity index (χ2n) is 5.54. The van der Waals surface area contributed by atoms with E-state index in [2.05, 4.69) is 31.3 Å². The predicted octanol–water partition coefficient (Wildman–Crippen LogP) is 2.58. The van der Waals surface area contributed by atoms with Crippen LogP contribution in [0.25, 0.3) is 0 Å². The third-order valence-electron chi connectivity index (χ3n) is 2.95. The third kappa shape index (κ3) is 6.21. The van der Waals surface area contributed by atoms with Gasteiger partial charge in [-0.1, -0.05) is 45.0 Å². The lowest BCUT2D eigenvalue weighted by molar-refractivity contribution is 0.563. The summed E-state index contributed by atoms with van der Waals surface area (Å²) in [7, 11) is -2.99. The molecule has 0 saturated carbocycles. The molecule has 1 aromatic rings. The maximum atomic E-state index is 11.5. The second-order valence-corrected chi connectivity index (χ2v) is 7.73. The molecule has 0 heterocycles. The molecule has 0 saturated heterocycles. The Morgan fingerprint density at radius 3 is 2.16 bits per heavy atom. The van der Waals surface area contributed by atoms with Gasteiger partial charge in [0.2, 0.25) is 0 Å². The molecule has 1 unspecified atom stereocenters. The van der Waals surface area contributed by atoms with E-state index in [9.17, 15) is 8.42 Å². The first-order chi connectivity index (χ1) is 8.81. The van der Waals surface area contributed by atoms with E-state index in [4.69, 9.17) is 0 Å². The van der Waals surface area contributed by atoms with E-state index in [1.54, 1.807) is 0 Å². The zero-order chi connectivity index (χ0) is 14.5. The molecule has 3 nitrogen and oxygen atoms in total. The van der Waals surface area contributed by atoms with Gasteiger partial charge in [0.1, 0.15) is 9.84 Å². The molecule has 0 aliphatic heterocycles. The van der Waals surface area contributed by atoms with Gasteiger partial charge in [-0.05, 0) is 30.0 Å². The maximum Gasteiger partial charge on any atom is 0.149 e. The lowest BCUT2D eigenvalue weighted by Gasteiger charge is -2.18. The Labute approximate surface area is 117 Å². The molecule has 1 aromatic carbocycles. The van der Waals surface area contributed by atoms with Crippen LogP contribution in [-0.2, 0) is 16.3 Å². The van der Waals surface area contributed by atoms with E-state index >= 15 is 0 Å². The van der Waals surface area contributed by atoms with Crippen molar-refractivity contribution in [3.63, 3.8) is 0 Å². The van der Waals surface area contributed by atoms with Crippen LogP contribution in [0.4, 0.5) is 0 Å². The van der Waals surface area contributed by atoms with Gasteiger partial charge in [0.05, 0.1) is 5.75 Å². The molecule has 1 N–H and O–H groups in total. The van der Waals surface area contributed by atoms with Crippen molar-refractivity contribution in [3.05, 3.63) is 35.4 Å². The minimum absolute atomic E-state index is 0.118. The monoisotopic (exact) mass is 283 g/mol. The average molecular weight is 283 g/mol. The van der Waals surface area contributed by atoms with Crippen LogP contribution in [0.3, 0.4) is 0 Å². The molecule has 4 heteroatoms. The molecule has 1 atom stereocenters. The molecule has 0 bridgehead atoms. The van der Waals surface area contributed by atoms with Crippen LogP contribution < -0.4 is 5.32 Å². The summed E-state index contributed by atoms with van der Waals surface area (Å²) in [6, 6.07) is 8.16. The van der Waals surface area contributed by atoms with Gasteiger partial charge in [0.25, 0.3) is 0 Å². The average Bonchev–Trinajstić information content (AvgIpc) is 2.27. The standard InChI is InChI=1S/C15H25NO2S/c1-5-16-15(11-19(4,17)18)14-8-6-13(7-9-14)10-12(2)3/h6-9,12,15-16H,5,10-11H2,1-4H3. The summed E-state index contributed by atoms with van der Waals surface area (Å²) >= 11 is 0. The van der Waals surface area contributed by atoms with Crippen molar-refractivity contribution in [2.45, 2.75) is 33.2 Å². The van der Waals surface area contributed by atoms with Crippen LogP contribution in [0.5, 0.6) is 0 Å². The normalized spacial score (nSPS) is 13.7. The second kappa shape index (κ2) is 7.06. The van der Waals surface area contributed by atoms with Gasteiger partial charge >= 0.3 is 0 Å². The fourth-order valence-electron chi connectivity index (χ4n) is 2.18. The fourth-order valence-corrected chi connectivity index (χ4v) is 3.10. The Morgan fingerprint density at radius 1 is 1.16 bits per heavy atom. The third-order valence-corrected chi connectivity index (χ3v) is 3.88. The molecule has 0 fully saturated rings. The molecule has 0 aromatic heterocycles. The van der Waals surface area contributed by atoms with Gasteiger partial charge < -0.3 is 5.32 Å². The van der Waals surface area contributed by atoms with Crippen molar-refractivity contribution in [2.24, 2.45) is 5.92 Å². The highest BCUT2D eigenvalue weighted by atomic mass is 32.2. The number of hydrogen-bond acceptors (Lipinski definition) is 3. The Morgan fingerprint density at radius 2 is 1.74 bits per heavy atom. The summed E-state index contributed by atoms with van der Waals surface area (Å²) in [6.07, 6.45) is 2.34. The predicted molar refractivity (Wildman–Crippen MR) is 81.1 cm³/mol. The van der Waals surface area contributed by atoms with E-state index in [-0.39, 0.29) is 11.8 Å². The minimum atomic E-state index is -2.99. The van der Waals surface area contributed by atoms with E-state index in [0.29, 0.717) is 5.92 Å². The molecule has 0 aliphatic carbocycles. The van der Waals surface area contributed by atoms with Crippen LogP contribution in [0.1, 0.15) is 37.9 Å². The van der Waals surface area contributed by atoms with E-state index in [1.165, 1.54) is 11.8 Å². The van der Waals surface area contributed by atoms with Crippen molar-refractivity contribution < 1.29 is 8.42 Å². The minimum Gasteiger partial charge on any atom is -0.309 e. The number of hydrogen-bond donors (Lipinski definition) is 1. The van der Waals surface area contributed by atoms with E-state index in [0.717, 1.165) is 18.5 Å². The van der Waals surface area contributed by atoms with Crippen LogP contribution in [0, 0.1) is 5.92 Å². The highest BCUT2D eigenvalue weighted by molar-refractivity contribution is 7.90. The zero-order valence-corrected chi connectivity index (χ0v) is 13.1. The quantitative estimate of drug-likeness (QED) is 0.836. The topological polar surface area (TPSA) is 46.2 Å². The highest BCUT2D eigenvalue weighted by Gasteiger charge is 2.16. The Kier molecular flexibility index (Phi) is 6.01. The van der Waals surface area contributed by atoms with Gasteiger partial charge in [0, 0.05) is 12.3 Å². The fraction of sp³-hybridized carbons (Fsp3) is 0.600. The van der Waals surface area contributed by atoms with Gasteiger partial charge in [-0.15, -0.1) is 0 Å². The van der Waals surface area contributed by atoms with Crippen LogP contribution in [0.2, 0.25) is 0 Å². The first-order valence-electron chi connectivity index (χ1n) is 6.81. The largest absolute Gasteiger partial charge is 0.309 e. The van der Waals surface area contributed by atoms with Crippen molar-refractivity contribution in [1.29, 1.82) is 0 Å². The molecule has 19 heavy (non-hydrogen) atoms. The summed E-state index contributed by atoms with van der Waals surface area (Å²) < 4.78 is 22.9. The van der Waals surface area contributed by atoms with Crippen molar-refractivity contribution in [2.75, 3.05) is 18.6 Å². The van der Waals surface area contributed by atoms with Crippen molar-refractivity contribution in [1.82, 2.24) is 5.32 Å². The molecular weight excluding hydrogens is 258 g/mol.